The lowest BCUT2D eigenvalue weighted by Gasteiger charge is -2.36. The van der Waals surface area contributed by atoms with Crippen molar-refractivity contribution in [1.29, 1.82) is 0 Å². The van der Waals surface area contributed by atoms with Crippen molar-refractivity contribution in [2.75, 3.05) is 44.8 Å². The van der Waals surface area contributed by atoms with Gasteiger partial charge in [0.1, 0.15) is 12.4 Å². The van der Waals surface area contributed by atoms with Gasteiger partial charge in [0, 0.05) is 39.5 Å². The van der Waals surface area contributed by atoms with Crippen LogP contribution in [0.3, 0.4) is 0 Å². The van der Waals surface area contributed by atoms with Crippen LogP contribution in [0.4, 0.5) is 10.1 Å². The minimum Gasteiger partial charge on any atom is -0.383 e. The van der Waals surface area contributed by atoms with Crippen LogP contribution in [-0.2, 0) is 22.6 Å². The SMILES string of the molecule is COCCn1c(=O)n(CC(=O)N2CCN(c3ccccc3F)CC2)c2cccnc21. The predicted molar refractivity (Wildman–Crippen MR) is 111 cm³/mol. The molecule has 0 bridgehead atoms. The summed E-state index contributed by atoms with van der Waals surface area (Å²) in [4.78, 5) is 33.8. The number of nitrogens with zero attached hydrogens (tertiary/aromatic N) is 5. The Kier molecular flexibility index (Phi) is 5.80. The molecule has 1 aliphatic rings. The Morgan fingerprint density at radius 1 is 1.10 bits per heavy atom. The number of halogens is 1. The van der Waals surface area contributed by atoms with E-state index in [1.54, 1.807) is 48.5 Å². The number of methoxy groups -OCH3 is 1. The van der Waals surface area contributed by atoms with Crippen LogP contribution in [0.5, 0.6) is 0 Å². The van der Waals surface area contributed by atoms with Gasteiger partial charge < -0.3 is 14.5 Å². The van der Waals surface area contributed by atoms with Crippen molar-refractivity contribution in [2.45, 2.75) is 13.1 Å². The lowest BCUT2D eigenvalue weighted by atomic mass is 10.2. The van der Waals surface area contributed by atoms with E-state index in [2.05, 4.69) is 4.98 Å². The van der Waals surface area contributed by atoms with E-state index in [0.717, 1.165) is 0 Å². The minimum absolute atomic E-state index is 0.0549. The third-order valence-corrected chi connectivity index (χ3v) is 5.41. The first-order valence-electron chi connectivity index (χ1n) is 9.90. The maximum absolute atomic E-state index is 14.0. The second-order valence-electron chi connectivity index (χ2n) is 7.18. The smallest absolute Gasteiger partial charge is 0.330 e. The summed E-state index contributed by atoms with van der Waals surface area (Å²) < 4.78 is 22.1. The van der Waals surface area contributed by atoms with Gasteiger partial charge in [-0.05, 0) is 24.3 Å². The molecule has 0 N–H and O–H groups in total. The topological polar surface area (TPSA) is 72.6 Å². The first-order valence-corrected chi connectivity index (χ1v) is 9.90. The first-order chi connectivity index (χ1) is 14.6. The molecule has 3 heterocycles. The minimum atomic E-state index is -0.279. The largest absolute Gasteiger partial charge is 0.383 e. The number of aromatic nitrogens is 3. The maximum atomic E-state index is 14.0. The van der Waals surface area contributed by atoms with Crippen molar-refractivity contribution in [1.82, 2.24) is 19.0 Å². The number of ether oxygens (including phenoxy) is 1. The van der Waals surface area contributed by atoms with E-state index < -0.39 is 0 Å². The number of rotatable bonds is 6. The van der Waals surface area contributed by atoms with Gasteiger partial charge in [0.15, 0.2) is 5.65 Å². The molecule has 1 aliphatic heterocycles. The van der Waals surface area contributed by atoms with Gasteiger partial charge in [0.2, 0.25) is 5.91 Å². The second-order valence-corrected chi connectivity index (χ2v) is 7.18. The number of carbonyl (C=O) groups excluding carboxylic acids is 1. The molecular weight excluding hydrogens is 389 g/mol. The summed E-state index contributed by atoms with van der Waals surface area (Å²) in [6.45, 7) is 2.72. The number of benzene rings is 1. The number of hydrogen-bond donors (Lipinski definition) is 0. The van der Waals surface area contributed by atoms with Crippen LogP contribution < -0.4 is 10.6 Å². The number of para-hydroxylation sites is 1. The summed E-state index contributed by atoms with van der Waals surface area (Å²) >= 11 is 0. The Morgan fingerprint density at radius 2 is 1.87 bits per heavy atom. The molecule has 30 heavy (non-hydrogen) atoms. The molecule has 1 amide bonds. The second kappa shape index (κ2) is 8.66. The van der Waals surface area contributed by atoms with Crippen molar-refractivity contribution in [3.05, 3.63) is 58.9 Å². The molecule has 0 radical (unpaired) electrons. The van der Waals surface area contributed by atoms with E-state index >= 15 is 0 Å². The quantitative estimate of drug-likeness (QED) is 0.610. The average molecular weight is 413 g/mol. The van der Waals surface area contributed by atoms with Crippen molar-refractivity contribution >= 4 is 22.8 Å². The van der Waals surface area contributed by atoms with Gasteiger partial charge in [0.05, 0.1) is 24.4 Å². The maximum Gasteiger partial charge on any atom is 0.330 e. The zero-order valence-electron chi connectivity index (χ0n) is 16.8. The molecular formula is C21H24FN5O3. The highest BCUT2D eigenvalue weighted by atomic mass is 19.1. The lowest BCUT2D eigenvalue weighted by Crippen LogP contribution is -2.50. The summed E-state index contributed by atoms with van der Waals surface area (Å²) in [5.41, 5.74) is 1.43. The highest BCUT2D eigenvalue weighted by Crippen LogP contribution is 2.20. The fourth-order valence-corrected chi connectivity index (χ4v) is 3.82. The molecule has 4 rings (SSSR count). The van der Waals surface area contributed by atoms with E-state index in [1.807, 2.05) is 4.90 Å². The van der Waals surface area contributed by atoms with Gasteiger partial charge in [-0.25, -0.2) is 14.2 Å². The van der Waals surface area contributed by atoms with E-state index in [9.17, 15) is 14.0 Å². The molecule has 158 valence electrons. The number of anilines is 1. The Balaban J connectivity index is 1.49. The molecule has 1 saturated heterocycles. The van der Waals surface area contributed by atoms with E-state index in [4.69, 9.17) is 4.74 Å². The normalized spacial score (nSPS) is 14.5. The van der Waals surface area contributed by atoms with Crippen LogP contribution >= 0.6 is 0 Å². The summed E-state index contributed by atoms with van der Waals surface area (Å²) in [5, 5.41) is 0. The van der Waals surface area contributed by atoms with Crippen molar-refractivity contribution in [3.8, 4) is 0 Å². The van der Waals surface area contributed by atoms with E-state index in [-0.39, 0.29) is 24.0 Å². The monoisotopic (exact) mass is 413 g/mol. The number of hydrogen-bond acceptors (Lipinski definition) is 5. The van der Waals surface area contributed by atoms with Crippen LogP contribution in [-0.4, -0.2) is 64.8 Å². The average Bonchev–Trinajstić information content (AvgIpc) is 3.03. The molecule has 0 atom stereocenters. The first kappa shape index (κ1) is 20.1. The summed E-state index contributed by atoms with van der Waals surface area (Å²) in [7, 11) is 1.57. The van der Waals surface area contributed by atoms with Gasteiger partial charge in [-0.2, -0.15) is 0 Å². The van der Waals surface area contributed by atoms with Gasteiger partial charge in [-0.3, -0.25) is 13.9 Å². The van der Waals surface area contributed by atoms with Crippen LogP contribution in [0.2, 0.25) is 0 Å². The summed E-state index contributed by atoms with van der Waals surface area (Å²) in [6.07, 6.45) is 1.62. The lowest BCUT2D eigenvalue weighted by molar-refractivity contribution is -0.132. The molecule has 3 aromatic rings. The fraction of sp³-hybridized carbons (Fsp3) is 0.381. The van der Waals surface area contributed by atoms with Gasteiger partial charge in [-0.15, -0.1) is 0 Å². The number of carbonyl (C=O) groups is 1. The van der Waals surface area contributed by atoms with Crippen molar-refractivity contribution in [2.24, 2.45) is 0 Å². The number of fused-ring (bicyclic) bond motifs is 1. The molecule has 0 aliphatic carbocycles. The summed E-state index contributed by atoms with van der Waals surface area (Å²) in [6, 6.07) is 10.2. The number of amides is 1. The Bertz CT molecular complexity index is 1100. The third kappa shape index (κ3) is 3.80. The third-order valence-electron chi connectivity index (χ3n) is 5.41. The zero-order valence-corrected chi connectivity index (χ0v) is 16.8. The van der Waals surface area contributed by atoms with E-state index in [0.29, 0.717) is 56.2 Å². The van der Waals surface area contributed by atoms with Gasteiger partial charge in [0.25, 0.3) is 0 Å². The van der Waals surface area contributed by atoms with E-state index in [1.165, 1.54) is 15.2 Å². The van der Waals surface area contributed by atoms with Crippen molar-refractivity contribution < 1.29 is 13.9 Å². The number of piperazine rings is 1. The number of pyridine rings is 1. The standard InChI is InChI=1S/C21H24FN5O3/c1-30-14-13-26-20-18(7-4-8-23-20)27(21(26)29)15-19(28)25-11-9-24(10-12-25)17-6-3-2-5-16(17)22/h2-8H,9-15H2,1H3. The zero-order chi connectivity index (χ0) is 21.1. The Labute approximate surface area is 173 Å². The Hall–Kier alpha value is -3.20. The molecule has 0 saturated carbocycles. The summed E-state index contributed by atoms with van der Waals surface area (Å²) in [5.74, 6) is -0.403. The fourth-order valence-electron chi connectivity index (χ4n) is 3.82. The predicted octanol–water partition coefficient (Wildman–Crippen LogP) is 1.33. The van der Waals surface area contributed by atoms with Crippen molar-refractivity contribution in [3.63, 3.8) is 0 Å². The molecule has 1 aromatic carbocycles. The highest BCUT2D eigenvalue weighted by Gasteiger charge is 2.24. The highest BCUT2D eigenvalue weighted by molar-refractivity contribution is 5.79. The van der Waals surface area contributed by atoms with Crippen LogP contribution in [0.25, 0.3) is 11.2 Å². The number of imidazole rings is 1. The Morgan fingerprint density at radius 3 is 2.60 bits per heavy atom. The van der Waals surface area contributed by atoms with Crippen LogP contribution in [0.1, 0.15) is 0 Å². The van der Waals surface area contributed by atoms with Gasteiger partial charge in [-0.1, -0.05) is 12.1 Å². The molecule has 9 heteroatoms. The van der Waals surface area contributed by atoms with Crippen LogP contribution in [0, 0.1) is 5.82 Å². The molecule has 2 aromatic heterocycles. The molecule has 0 spiro atoms. The van der Waals surface area contributed by atoms with Gasteiger partial charge >= 0.3 is 5.69 Å². The molecule has 8 nitrogen and oxygen atoms in total. The van der Waals surface area contributed by atoms with Crippen LogP contribution in [0.15, 0.2) is 47.4 Å². The molecule has 1 fully saturated rings. The molecule has 0 unspecified atom stereocenters.